The Bertz CT molecular complexity index is 669. The van der Waals surface area contributed by atoms with Gasteiger partial charge in [0.1, 0.15) is 11.5 Å². The van der Waals surface area contributed by atoms with E-state index in [-0.39, 0.29) is 10.6 Å². The third-order valence-corrected chi connectivity index (χ3v) is 3.45. The van der Waals surface area contributed by atoms with Crippen molar-refractivity contribution in [1.29, 1.82) is 0 Å². The Morgan fingerprint density at radius 1 is 1.15 bits per heavy atom. The quantitative estimate of drug-likeness (QED) is 0.531. The maximum absolute atomic E-state index is 11.1. The molecule has 0 aromatic heterocycles. The van der Waals surface area contributed by atoms with Gasteiger partial charge >= 0.3 is 0 Å². The van der Waals surface area contributed by atoms with Crippen molar-refractivity contribution in [3.8, 4) is 11.5 Å². The monoisotopic (exact) mass is 293 g/mol. The summed E-state index contributed by atoms with van der Waals surface area (Å²) in [6.45, 7) is 1.72. The molecule has 0 saturated carbocycles. The Hall–Kier alpha value is -2.25. The molecular formula is C13H11NO5S. The number of aryl methyl sites for hydroxylation is 1. The van der Waals surface area contributed by atoms with Gasteiger partial charge in [-0.05, 0) is 36.8 Å². The summed E-state index contributed by atoms with van der Waals surface area (Å²) in [5, 5.41) is 10.5. The third kappa shape index (κ3) is 3.19. The van der Waals surface area contributed by atoms with E-state index >= 15 is 0 Å². The molecule has 0 fully saturated rings. The summed E-state index contributed by atoms with van der Waals surface area (Å²) in [6.07, 6.45) is 0. The van der Waals surface area contributed by atoms with Gasteiger partial charge in [-0.25, -0.2) is 4.21 Å². The average Bonchev–Trinajstić information content (AvgIpc) is 2.41. The van der Waals surface area contributed by atoms with Gasteiger partial charge < -0.3 is 9.29 Å². The van der Waals surface area contributed by atoms with E-state index in [0.717, 1.165) is 0 Å². The smallest absolute Gasteiger partial charge is 0.269 e. The van der Waals surface area contributed by atoms with Gasteiger partial charge in [0, 0.05) is 12.1 Å². The molecule has 1 atom stereocenters. The molecule has 6 nitrogen and oxygen atoms in total. The number of nitro benzene ring substituents is 1. The maximum Gasteiger partial charge on any atom is 0.269 e. The maximum atomic E-state index is 11.1. The summed E-state index contributed by atoms with van der Waals surface area (Å²) >= 11 is -2.09. The summed E-state index contributed by atoms with van der Waals surface area (Å²) in [5.41, 5.74) is 0.653. The number of nitro groups is 1. The Kier molecular flexibility index (Phi) is 4.11. The molecule has 0 bridgehead atoms. The Morgan fingerprint density at radius 2 is 1.75 bits per heavy atom. The van der Waals surface area contributed by atoms with Crippen molar-refractivity contribution < 1.29 is 18.4 Å². The second-order valence-corrected chi connectivity index (χ2v) is 4.97. The van der Waals surface area contributed by atoms with Crippen LogP contribution in [0.4, 0.5) is 5.69 Å². The van der Waals surface area contributed by atoms with Crippen LogP contribution in [-0.4, -0.2) is 13.7 Å². The zero-order valence-electron chi connectivity index (χ0n) is 10.5. The van der Waals surface area contributed by atoms with Crippen molar-refractivity contribution in [3.05, 3.63) is 58.1 Å². The van der Waals surface area contributed by atoms with Gasteiger partial charge in [-0.3, -0.25) is 10.1 Å². The zero-order chi connectivity index (χ0) is 14.7. The van der Waals surface area contributed by atoms with Crippen LogP contribution in [0.2, 0.25) is 0 Å². The number of hydrogen-bond donors (Lipinski definition) is 1. The fourth-order valence-corrected chi connectivity index (χ4v) is 2.16. The lowest BCUT2D eigenvalue weighted by Gasteiger charge is -2.08. The molecule has 7 heteroatoms. The Balaban J connectivity index is 2.23. The predicted octanol–water partition coefficient (Wildman–Crippen LogP) is 3.28. The van der Waals surface area contributed by atoms with Crippen LogP contribution in [0.5, 0.6) is 11.5 Å². The highest BCUT2D eigenvalue weighted by Crippen LogP contribution is 2.26. The van der Waals surface area contributed by atoms with E-state index in [4.69, 9.17) is 9.29 Å². The average molecular weight is 293 g/mol. The first-order valence-corrected chi connectivity index (χ1v) is 6.72. The number of rotatable bonds is 4. The lowest BCUT2D eigenvalue weighted by atomic mass is 10.2. The molecule has 0 radical (unpaired) electrons. The van der Waals surface area contributed by atoms with Gasteiger partial charge in [0.2, 0.25) is 0 Å². The second kappa shape index (κ2) is 5.81. The number of benzene rings is 2. The van der Waals surface area contributed by atoms with Crippen LogP contribution in [0.25, 0.3) is 0 Å². The summed E-state index contributed by atoms with van der Waals surface area (Å²) in [6, 6.07) is 10.4. The zero-order valence-corrected chi connectivity index (χ0v) is 11.3. The topological polar surface area (TPSA) is 89.7 Å². The molecule has 104 valence electrons. The number of non-ortho nitro benzene ring substituents is 1. The van der Waals surface area contributed by atoms with Crippen molar-refractivity contribution in [3.63, 3.8) is 0 Å². The minimum absolute atomic E-state index is 0.0293. The molecule has 0 aliphatic rings. The molecule has 2 rings (SSSR count). The fourth-order valence-electron chi connectivity index (χ4n) is 1.60. The van der Waals surface area contributed by atoms with Crippen molar-refractivity contribution >= 4 is 16.8 Å². The molecule has 2 aromatic carbocycles. The molecular weight excluding hydrogens is 282 g/mol. The van der Waals surface area contributed by atoms with Gasteiger partial charge in [0.05, 0.1) is 9.82 Å². The van der Waals surface area contributed by atoms with Crippen molar-refractivity contribution in [2.75, 3.05) is 0 Å². The van der Waals surface area contributed by atoms with E-state index in [2.05, 4.69) is 0 Å². The first-order valence-electron chi connectivity index (χ1n) is 5.61. The molecule has 20 heavy (non-hydrogen) atoms. The number of nitrogens with zero attached hydrogens (tertiary/aromatic N) is 1. The van der Waals surface area contributed by atoms with Gasteiger partial charge in [-0.1, -0.05) is 6.07 Å². The van der Waals surface area contributed by atoms with Crippen molar-refractivity contribution in [1.82, 2.24) is 0 Å². The highest BCUT2D eigenvalue weighted by atomic mass is 32.2. The number of ether oxygens (including phenoxy) is 1. The van der Waals surface area contributed by atoms with Crippen LogP contribution >= 0.6 is 0 Å². The van der Waals surface area contributed by atoms with E-state index in [0.29, 0.717) is 17.1 Å². The SMILES string of the molecule is Cc1ccc(Oc2ccc([N+](=O)[O-])cc2)cc1S(=O)O. The molecule has 0 heterocycles. The van der Waals surface area contributed by atoms with E-state index < -0.39 is 16.0 Å². The van der Waals surface area contributed by atoms with Crippen molar-refractivity contribution in [2.24, 2.45) is 0 Å². The highest BCUT2D eigenvalue weighted by molar-refractivity contribution is 7.79. The lowest BCUT2D eigenvalue weighted by molar-refractivity contribution is -0.384. The van der Waals surface area contributed by atoms with Gasteiger partial charge in [-0.2, -0.15) is 0 Å². The predicted molar refractivity (Wildman–Crippen MR) is 73.4 cm³/mol. The third-order valence-electron chi connectivity index (χ3n) is 2.63. The Labute approximate surface area is 117 Å². The standard InChI is InChI=1S/C13H11NO5S/c1-9-2-5-12(8-13(9)20(17)18)19-11-6-3-10(4-7-11)14(15)16/h2-8H,1H3,(H,17,18). The Morgan fingerprint density at radius 3 is 2.30 bits per heavy atom. The van der Waals surface area contributed by atoms with Crippen LogP contribution < -0.4 is 4.74 Å². The normalized spacial score (nSPS) is 11.9. The molecule has 1 unspecified atom stereocenters. The minimum atomic E-state index is -2.09. The van der Waals surface area contributed by atoms with Crippen molar-refractivity contribution in [2.45, 2.75) is 11.8 Å². The van der Waals surface area contributed by atoms with Crippen LogP contribution in [0, 0.1) is 17.0 Å². The lowest BCUT2D eigenvalue weighted by Crippen LogP contribution is -1.94. The number of hydrogen-bond acceptors (Lipinski definition) is 4. The van der Waals surface area contributed by atoms with E-state index in [1.165, 1.54) is 30.3 Å². The highest BCUT2D eigenvalue weighted by Gasteiger charge is 2.08. The minimum Gasteiger partial charge on any atom is -0.457 e. The van der Waals surface area contributed by atoms with E-state index in [1.807, 2.05) is 0 Å². The first-order chi connectivity index (χ1) is 9.47. The van der Waals surface area contributed by atoms with E-state index in [1.54, 1.807) is 19.1 Å². The van der Waals surface area contributed by atoms with E-state index in [9.17, 15) is 14.3 Å². The fraction of sp³-hybridized carbons (Fsp3) is 0.0769. The van der Waals surface area contributed by atoms with Gasteiger partial charge in [0.15, 0.2) is 11.1 Å². The van der Waals surface area contributed by atoms with Gasteiger partial charge in [0.25, 0.3) is 5.69 Å². The molecule has 0 amide bonds. The molecule has 0 saturated heterocycles. The molecule has 0 spiro atoms. The largest absolute Gasteiger partial charge is 0.457 e. The van der Waals surface area contributed by atoms with Crippen LogP contribution in [0.3, 0.4) is 0 Å². The molecule has 2 aromatic rings. The van der Waals surface area contributed by atoms with Gasteiger partial charge in [-0.15, -0.1) is 0 Å². The summed E-state index contributed by atoms with van der Waals surface area (Å²) < 4.78 is 25.8. The molecule has 0 aliphatic heterocycles. The summed E-state index contributed by atoms with van der Waals surface area (Å²) in [5.74, 6) is 0.802. The summed E-state index contributed by atoms with van der Waals surface area (Å²) in [4.78, 5) is 10.3. The second-order valence-electron chi connectivity index (χ2n) is 4.03. The van der Waals surface area contributed by atoms with Crippen LogP contribution in [0.15, 0.2) is 47.4 Å². The first kappa shape index (κ1) is 14.2. The molecule has 1 N–H and O–H groups in total. The summed E-state index contributed by atoms with van der Waals surface area (Å²) in [7, 11) is 0. The molecule has 0 aliphatic carbocycles. The van der Waals surface area contributed by atoms with Crippen LogP contribution in [0.1, 0.15) is 5.56 Å². The van der Waals surface area contributed by atoms with Crippen LogP contribution in [-0.2, 0) is 11.1 Å².